The van der Waals surface area contributed by atoms with E-state index in [9.17, 15) is 20.4 Å². The molecule has 1 aromatic heterocycles. The van der Waals surface area contributed by atoms with Crippen LogP contribution in [0.4, 0.5) is 0 Å². The van der Waals surface area contributed by atoms with Crippen molar-refractivity contribution in [3.05, 3.63) is 42.6 Å². The van der Waals surface area contributed by atoms with Gasteiger partial charge in [-0.1, -0.05) is 6.07 Å². The van der Waals surface area contributed by atoms with Crippen molar-refractivity contribution >= 4 is 32.4 Å². The number of phenolic OH excluding ortho intramolecular Hbond substituents is 4. The molecule has 5 nitrogen and oxygen atoms in total. The smallest absolute Gasteiger partial charge is 0.220 e. The first-order valence-corrected chi connectivity index (χ1v) is 7.09. The summed E-state index contributed by atoms with van der Waals surface area (Å²) in [7, 11) is 1.83. The van der Waals surface area contributed by atoms with Gasteiger partial charge in [0.2, 0.25) is 5.52 Å². The van der Waals surface area contributed by atoms with Gasteiger partial charge in [0.1, 0.15) is 7.05 Å². The van der Waals surface area contributed by atoms with Gasteiger partial charge in [0.15, 0.2) is 29.2 Å². The van der Waals surface area contributed by atoms with Gasteiger partial charge < -0.3 is 32.8 Å². The highest BCUT2D eigenvalue weighted by molar-refractivity contribution is 6.15. The Morgan fingerprint density at radius 2 is 1.38 bits per heavy atom. The minimum absolute atomic E-state index is 0. The lowest BCUT2D eigenvalue weighted by molar-refractivity contribution is -0.642. The van der Waals surface area contributed by atoms with Gasteiger partial charge in [-0.15, -0.1) is 0 Å². The van der Waals surface area contributed by atoms with Crippen LogP contribution in [0.2, 0.25) is 0 Å². The standard InChI is InChI=1S/C18H13NO4.ClH/c1-19-8-13-10(4-5-14(20)18(13)23)11-3-2-9-6-15(21)16(22)7-12(9)17(11)19;/h2-8H,1H3,(H3,20,21,22,23);1H. The van der Waals surface area contributed by atoms with E-state index in [-0.39, 0.29) is 35.4 Å². The number of hydrogen-bond acceptors (Lipinski definition) is 4. The summed E-state index contributed by atoms with van der Waals surface area (Å²) in [4.78, 5) is 0. The van der Waals surface area contributed by atoms with Crippen molar-refractivity contribution in [1.29, 1.82) is 0 Å². The van der Waals surface area contributed by atoms with Crippen LogP contribution < -0.4 is 17.0 Å². The second-order valence-corrected chi connectivity index (χ2v) is 5.66. The number of aryl methyl sites for hydroxylation is 1. The molecule has 0 unspecified atom stereocenters. The molecule has 1 heterocycles. The summed E-state index contributed by atoms with van der Waals surface area (Å²) in [5.41, 5.74) is 0.857. The van der Waals surface area contributed by atoms with E-state index in [1.165, 1.54) is 18.2 Å². The fourth-order valence-electron chi connectivity index (χ4n) is 3.15. The number of halogens is 1. The van der Waals surface area contributed by atoms with Crippen LogP contribution in [0.25, 0.3) is 32.4 Å². The Bertz CT molecular complexity index is 1120. The quantitative estimate of drug-likeness (QED) is 0.202. The van der Waals surface area contributed by atoms with Crippen molar-refractivity contribution in [3.63, 3.8) is 0 Å². The molecule has 3 aromatic carbocycles. The van der Waals surface area contributed by atoms with Crippen molar-refractivity contribution < 1.29 is 37.4 Å². The maximum Gasteiger partial charge on any atom is 0.220 e. The second kappa shape index (κ2) is 5.32. The zero-order valence-electron chi connectivity index (χ0n) is 12.7. The van der Waals surface area contributed by atoms with Crippen LogP contribution in [0, 0.1) is 0 Å². The highest BCUT2D eigenvalue weighted by Crippen LogP contribution is 2.38. The Kier molecular flexibility index (Phi) is 3.53. The molecule has 0 atom stereocenters. The number of rotatable bonds is 0. The topological polar surface area (TPSA) is 84.8 Å². The van der Waals surface area contributed by atoms with Gasteiger partial charge in [-0.25, -0.2) is 0 Å². The number of phenols is 4. The Labute approximate surface area is 143 Å². The number of fused-ring (bicyclic) bond motifs is 5. The van der Waals surface area contributed by atoms with Crippen molar-refractivity contribution in [2.24, 2.45) is 7.05 Å². The molecular weight excluding hydrogens is 330 g/mol. The first-order valence-electron chi connectivity index (χ1n) is 7.09. The maximum absolute atomic E-state index is 10.1. The van der Waals surface area contributed by atoms with Gasteiger partial charge in [0.25, 0.3) is 0 Å². The molecule has 0 aliphatic heterocycles. The molecule has 0 aliphatic carbocycles. The first kappa shape index (κ1) is 16.0. The Hall–Kier alpha value is -2.92. The Morgan fingerprint density at radius 1 is 0.708 bits per heavy atom. The molecule has 0 aliphatic rings. The molecule has 0 fully saturated rings. The van der Waals surface area contributed by atoms with Crippen molar-refractivity contribution in [1.82, 2.24) is 0 Å². The molecule has 0 saturated carbocycles. The predicted octanol–water partition coefficient (Wildman–Crippen LogP) is -0.203. The molecular formula is C18H14ClNO4. The lowest BCUT2D eigenvalue weighted by Crippen LogP contribution is -3.00. The van der Waals surface area contributed by atoms with Gasteiger partial charge in [-0.05, 0) is 35.7 Å². The van der Waals surface area contributed by atoms with Crippen molar-refractivity contribution in [3.8, 4) is 23.0 Å². The average Bonchev–Trinajstić information content (AvgIpc) is 2.52. The van der Waals surface area contributed by atoms with Crippen LogP contribution in [0.5, 0.6) is 23.0 Å². The molecule has 0 bridgehead atoms. The molecule has 4 rings (SSSR count). The lowest BCUT2D eigenvalue weighted by Gasteiger charge is -2.08. The average molecular weight is 344 g/mol. The molecule has 6 heteroatoms. The molecule has 4 aromatic rings. The number of nitrogens with zero attached hydrogens (tertiary/aromatic N) is 1. The lowest BCUT2D eigenvalue weighted by atomic mass is 10.00. The third-order valence-corrected chi connectivity index (χ3v) is 4.25. The van der Waals surface area contributed by atoms with Crippen molar-refractivity contribution in [2.75, 3.05) is 0 Å². The summed E-state index contributed by atoms with van der Waals surface area (Å²) in [6.45, 7) is 0. The highest BCUT2D eigenvalue weighted by atomic mass is 35.5. The highest BCUT2D eigenvalue weighted by Gasteiger charge is 2.18. The van der Waals surface area contributed by atoms with E-state index in [1.54, 1.807) is 12.3 Å². The summed E-state index contributed by atoms with van der Waals surface area (Å²) < 4.78 is 1.83. The number of pyridine rings is 1. The molecule has 122 valence electrons. The largest absolute Gasteiger partial charge is 1.00 e. The van der Waals surface area contributed by atoms with Crippen LogP contribution in [0.3, 0.4) is 0 Å². The fraction of sp³-hybridized carbons (Fsp3) is 0.0556. The van der Waals surface area contributed by atoms with E-state index in [0.717, 1.165) is 27.1 Å². The number of benzene rings is 3. The molecule has 0 amide bonds. The summed E-state index contributed by atoms with van der Waals surface area (Å²) >= 11 is 0. The van der Waals surface area contributed by atoms with Gasteiger partial charge in [0.05, 0.1) is 16.2 Å². The molecule has 0 radical (unpaired) electrons. The SMILES string of the molecule is C[n+]1cc2c(O)c(O)ccc2c2ccc3cc(O)c(O)cc3c21.[Cl-]. The van der Waals surface area contributed by atoms with Crippen LogP contribution in [-0.2, 0) is 7.05 Å². The summed E-state index contributed by atoms with van der Waals surface area (Å²) in [5, 5.41) is 43.1. The molecule has 4 N–H and O–H groups in total. The minimum Gasteiger partial charge on any atom is -1.00 e. The van der Waals surface area contributed by atoms with E-state index >= 15 is 0 Å². The molecule has 0 saturated heterocycles. The van der Waals surface area contributed by atoms with Crippen LogP contribution in [0.1, 0.15) is 0 Å². The maximum atomic E-state index is 10.1. The monoisotopic (exact) mass is 343 g/mol. The van der Waals surface area contributed by atoms with Crippen LogP contribution >= 0.6 is 0 Å². The van der Waals surface area contributed by atoms with E-state index < -0.39 is 0 Å². The van der Waals surface area contributed by atoms with Gasteiger partial charge in [-0.2, -0.15) is 4.57 Å². The third-order valence-electron chi connectivity index (χ3n) is 4.25. The van der Waals surface area contributed by atoms with Gasteiger partial charge in [-0.3, -0.25) is 0 Å². The van der Waals surface area contributed by atoms with Crippen LogP contribution in [0.15, 0.2) is 42.6 Å². The first-order chi connectivity index (χ1) is 11.0. The third kappa shape index (κ3) is 2.06. The number of hydrogen-bond donors (Lipinski definition) is 4. The van der Waals surface area contributed by atoms with Gasteiger partial charge >= 0.3 is 0 Å². The molecule has 24 heavy (non-hydrogen) atoms. The normalized spacial score (nSPS) is 11.0. The Balaban J connectivity index is 0.00000169. The van der Waals surface area contributed by atoms with Crippen molar-refractivity contribution in [2.45, 2.75) is 0 Å². The van der Waals surface area contributed by atoms with Gasteiger partial charge in [0, 0.05) is 5.39 Å². The number of aromatic nitrogens is 1. The zero-order valence-corrected chi connectivity index (χ0v) is 13.4. The van der Waals surface area contributed by atoms with E-state index in [1.807, 2.05) is 23.7 Å². The zero-order chi connectivity index (χ0) is 16.3. The van der Waals surface area contributed by atoms with E-state index in [2.05, 4.69) is 0 Å². The summed E-state index contributed by atoms with van der Waals surface area (Å²) in [5.74, 6) is -0.671. The number of aromatic hydroxyl groups is 4. The minimum atomic E-state index is -0.182. The predicted molar refractivity (Wildman–Crippen MR) is 86.8 cm³/mol. The van der Waals surface area contributed by atoms with Crippen LogP contribution in [-0.4, -0.2) is 20.4 Å². The van der Waals surface area contributed by atoms with E-state index in [0.29, 0.717) is 5.39 Å². The summed E-state index contributed by atoms with van der Waals surface area (Å²) in [6, 6.07) is 9.99. The summed E-state index contributed by atoms with van der Waals surface area (Å²) in [6.07, 6.45) is 1.73. The molecule has 0 spiro atoms. The van der Waals surface area contributed by atoms with E-state index in [4.69, 9.17) is 0 Å². The fourth-order valence-corrected chi connectivity index (χ4v) is 3.15. The second-order valence-electron chi connectivity index (χ2n) is 5.66. The Morgan fingerprint density at radius 3 is 2.12 bits per heavy atom.